The van der Waals surface area contributed by atoms with E-state index in [0.29, 0.717) is 0 Å². The molecule has 1 saturated heterocycles. The van der Waals surface area contributed by atoms with Crippen molar-refractivity contribution in [1.29, 1.82) is 0 Å². The molecule has 2 rings (SSSR count). The molecule has 1 heterocycles. The number of anilines is 1. The molecular formula is C10H13ClF2N2. The van der Waals surface area contributed by atoms with Crippen LogP contribution in [-0.4, -0.2) is 26.2 Å². The zero-order valence-corrected chi connectivity index (χ0v) is 8.99. The lowest BCUT2D eigenvalue weighted by molar-refractivity contribution is 0.507. The number of nitrogens with zero attached hydrogens (tertiary/aromatic N) is 1. The SMILES string of the molecule is Cl.Fc1ccc(N2CCNCC2)cc1F. The van der Waals surface area contributed by atoms with Crippen molar-refractivity contribution in [2.24, 2.45) is 0 Å². The maximum atomic E-state index is 12.9. The number of rotatable bonds is 1. The van der Waals surface area contributed by atoms with Crippen molar-refractivity contribution in [3.63, 3.8) is 0 Å². The highest BCUT2D eigenvalue weighted by molar-refractivity contribution is 5.85. The third kappa shape index (κ3) is 2.79. The van der Waals surface area contributed by atoms with E-state index in [2.05, 4.69) is 5.32 Å². The molecule has 0 spiro atoms. The first-order valence-electron chi connectivity index (χ1n) is 4.68. The smallest absolute Gasteiger partial charge is 0.160 e. The number of hydrogen-bond donors (Lipinski definition) is 1. The molecule has 0 atom stereocenters. The largest absolute Gasteiger partial charge is 0.369 e. The first-order chi connectivity index (χ1) is 6.77. The van der Waals surface area contributed by atoms with Gasteiger partial charge < -0.3 is 10.2 Å². The lowest BCUT2D eigenvalue weighted by atomic mass is 10.2. The average Bonchev–Trinajstić information content (AvgIpc) is 2.23. The van der Waals surface area contributed by atoms with E-state index in [1.165, 1.54) is 12.1 Å². The van der Waals surface area contributed by atoms with Gasteiger partial charge in [0.2, 0.25) is 0 Å². The summed E-state index contributed by atoms with van der Waals surface area (Å²) in [6, 6.07) is 4.04. The van der Waals surface area contributed by atoms with Gasteiger partial charge in [0.15, 0.2) is 11.6 Å². The Morgan fingerprint density at radius 3 is 2.33 bits per heavy atom. The van der Waals surface area contributed by atoms with Crippen LogP contribution in [0.1, 0.15) is 0 Å². The second-order valence-electron chi connectivity index (χ2n) is 3.34. The van der Waals surface area contributed by atoms with Gasteiger partial charge in [0.05, 0.1) is 0 Å². The van der Waals surface area contributed by atoms with Crippen molar-refractivity contribution >= 4 is 18.1 Å². The fourth-order valence-electron chi connectivity index (χ4n) is 1.60. The number of hydrogen-bond acceptors (Lipinski definition) is 2. The monoisotopic (exact) mass is 234 g/mol. The van der Waals surface area contributed by atoms with Crippen LogP contribution in [0, 0.1) is 11.6 Å². The Hall–Kier alpha value is -0.870. The quantitative estimate of drug-likeness (QED) is 0.797. The molecule has 15 heavy (non-hydrogen) atoms. The van der Waals surface area contributed by atoms with Gasteiger partial charge in [-0.3, -0.25) is 0 Å². The van der Waals surface area contributed by atoms with Crippen LogP contribution in [0.2, 0.25) is 0 Å². The zero-order chi connectivity index (χ0) is 9.97. The summed E-state index contributed by atoms with van der Waals surface area (Å²) in [6.07, 6.45) is 0. The molecule has 0 amide bonds. The van der Waals surface area contributed by atoms with Crippen molar-refractivity contribution in [2.75, 3.05) is 31.1 Å². The lowest BCUT2D eigenvalue weighted by Gasteiger charge is -2.29. The Kier molecular flexibility index (Phi) is 4.29. The maximum Gasteiger partial charge on any atom is 0.160 e. The first kappa shape index (κ1) is 12.2. The average molecular weight is 235 g/mol. The molecule has 0 unspecified atom stereocenters. The molecule has 5 heteroatoms. The van der Waals surface area contributed by atoms with E-state index in [9.17, 15) is 8.78 Å². The molecule has 0 bridgehead atoms. The Morgan fingerprint density at radius 2 is 1.73 bits per heavy atom. The molecule has 0 aliphatic carbocycles. The second kappa shape index (κ2) is 5.28. The van der Waals surface area contributed by atoms with Crippen LogP contribution in [0.3, 0.4) is 0 Å². The Morgan fingerprint density at radius 1 is 1.07 bits per heavy atom. The Balaban J connectivity index is 0.00000112. The van der Waals surface area contributed by atoms with E-state index >= 15 is 0 Å². The van der Waals surface area contributed by atoms with E-state index in [-0.39, 0.29) is 12.4 Å². The van der Waals surface area contributed by atoms with Gasteiger partial charge in [-0.1, -0.05) is 0 Å². The molecule has 0 aromatic heterocycles. The highest BCUT2D eigenvalue weighted by Gasteiger charge is 2.12. The summed E-state index contributed by atoms with van der Waals surface area (Å²) in [5.74, 6) is -1.56. The van der Waals surface area contributed by atoms with Crippen LogP contribution in [-0.2, 0) is 0 Å². The summed E-state index contributed by atoms with van der Waals surface area (Å²) in [5.41, 5.74) is 0.755. The van der Waals surface area contributed by atoms with Gasteiger partial charge in [-0.15, -0.1) is 12.4 Å². The molecule has 1 fully saturated rings. The Bertz CT molecular complexity index is 327. The van der Waals surface area contributed by atoms with E-state index in [0.717, 1.165) is 31.9 Å². The summed E-state index contributed by atoms with van der Waals surface area (Å²) in [4.78, 5) is 2.04. The van der Waals surface area contributed by atoms with Crippen LogP contribution >= 0.6 is 12.4 Å². The molecule has 84 valence electrons. The van der Waals surface area contributed by atoms with Crippen LogP contribution in [0.15, 0.2) is 18.2 Å². The Labute approximate surface area is 93.7 Å². The summed E-state index contributed by atoms with van der Waals surface area (Å²) in [5, 5.41) is 3.20. The number of piperazine rings is 1. The summed E-state index contributed by atoms with van der Waals surface area (Å²) in [6.45, 7) is 3.45. The molecular weight excluding hydrogens is 222 g/mol. The van der Waals surface area contributed by atoms with Crippen LogP contribution in [0.5, 0.6) is 0 Å². The third-order valence-electron chi connectivity index (χ3n) is 2.39. The molecule has 1 aliphatic heterocycles. The van der Waals surface area contributed by atoms with Gasteiger partial charge in [0, 0.05) is 37.9 Å². The van der Waals surface area contributed by atoms with Crippen LogP contribution in [0.4, 0.5) is 14.5 Å². The summed E-state index contributed by atoms with van der Waals surface area (Å²) >= 11 is 0. The molecule has 2 nitrogen and oxygen atoms in total. The number of benzene rings is 1. The van der Waals surface area contributed by atoms with Gasteiger partial charge in [-0.2, -0.15) is 0 Å². The number of halogens is 3. The molecule has 0 saturated carbocycles. The van der Waals surface area contributed by atoms with E-state index in [4.69, 9.17) is 0 Å². The van der Waals surface area contributed by atoms with Gasteiger partial charge in [0.1, 0.15) is 0 Å². The number of nitrogens with one attached hydrogen (secondary N) is 1. The topological polar surface area (TPSA) is 15.3 Å². The van der Waals surface area contributed by atoms with Gasteiger partial charge >= 0.3 is 0 Å². The maximum absolute atomic E-state index is 12.9. The van der Waals surface area contributed by atoms with Gasteiger partial charge in [-0.25, -0.2) is 8.78 Å². The predicted octanol–water partition coefficient (Wildman–Crippen LogP) is 1.80. The van der Waals surface area contributed by atoms with Crippen molar-refractivity contribution in [3.05, 3.63) is 29.8 Å². The van der Waals surface area contributed by atoms with E-state index in [1.54, 1.807) is 6.07 Å². The minimum absolute atomic E-state index is 0. The van der Waals surface area contributed by atoms with Gasteiger partial charge in [-0.05, 0) is 12.1 Å². The molecule has 1 aromatic rings. The summed E-state index contributed by atoms with van der Waals surface area (Å²) in [7, 11) is 0. The highest BCUT2D eigenvalue weighted by Crippen LogP contribution is 2.17. The van der Waals surface area contributed by atoms with Crippen molar-refractivity contribution in [2.45, 2.75) is 0 Å². The van der Waals surface area contributed by atoms with Crippen molar-refractivity contribution < 1.29 is 8.78 Å². The standard InChI is InChI=1S/C10H12F2N2.ClH/c11-9-2-1-8(7-10(9)12)14-5-3-13-4-6-14;/h1-2,7,13H,3-6H2;1H. The van der Waals surface area contributed by atoms with E-state index < -0.39 is 11.6 Å². The molecule has 0 radical (unpaired) electrons. The van der Waals surface area contributed by atoms with Crippen molar-refractivity contribution in [3.8, 4) is 0 Å². The second-order valence-corrected chi connectivity index (χ2v) is 3.34. The van der Waals surface area contributed by atoms with Crippen LogP contribution < -0.4 is 10.2 Å². The van der Waals surface area contributed by atoms with Crippen molar-refractivity contribution in [1.82, 2.24) is 5.32 Å². The normalized spacial score (nSPS) is 16.0. The minimum atomic E-state index is -0.788. The zero-order valence-electron chi connectivity index (χ0n) is 8.17. The third-order valence-corrected chi connectivity index (χ3v) is 2.39. The fraction of sp³-hybridized carbons (Fsp3) is 0.400. The summed E-state index contributed by atoms with van der Waals surface area (Å²) < 4.78 is 25.6. The van der Waals surface area contributed by atoms with Gasteiger partial charge in [0.25, 0.3) is 0 Å². The molecule has 1 aliphatic rings. The highest BCUT2D eigenvalue weighted by atomic mass is 35.5. The molecule has 1 N–H and O–H groups in total. The fourth-order valence-corrected chi connectivity index (χ4v) is 1.60. The lowest BCUT2D eigenvalue weighted by Crippen LogP contribution is -2.43. The van der Waals surface area contributed by atoms with E-state index in [1.807, 2.05) is 4.90 Å². The van der Waals surface area contributed by atoms with Crippen LogP contribution in [0.25, 0.3) is 0 Å². The first-order valence-corrected chi connectivity index (χ1v) is 4.68. The minimum Gasteiger partial charge on any atom is -0.369 e. The predicted molar refractivity (Wildman–Crippen MR) is 58.7 cm³/mol. The molecule has 1 aromatic carbocycles.